The van der Waals surface area contributed by atoms with Crippen molar-refractivity contribution in [2.24, 2.45) is 0 Å². The number of sulfonamides is 1. The lowest BCUT2D eigenvalue weighted by molar-refractivity contribution is 0.0940. The third kappa shape index (κ3) is 5.93. The fourth-order valence-electron chi connectivity index (χ4n) is 3.80. The van der Waals surface area contributed by atoms with Gasteiger partial charge in [0.1, 0.15) is 0 Å². The summed E-state index contributed by atoms with van der Waals surface area (Å²) in [6, 6.07) is 15.8. The van der Waals surface area contributed by atoms with E-state index < -0.39 is 10.0 Å². The average Bonchev–Trinajstić information content (AvgIpc) is 2.76. The van der Waals surface area contributed by atoms with E-state index in [4.69, 9.17) is 23.2 Å². The molecule has 1 atom stereocenters. The highest BCUT2D eigenvalue weighted by molar-refractivity contribution is 7.92. The number of halogens is 2. The molecule has 0 aromatic heterocycles. The summed E-state index contributed by atoms with van der Waals surface area (Å²) in [6.07, 6.45) is 1.11. The zero-order chi connectivity index (χ0) is 25.2. The van der Waals surface area contributed by atoms with E-state index in [2.05, 4.69) is 31.3 Å². The first-order valence-corrected chi connectivity index (χ1v) is 13.4. The molecule has 1 amide bonds. The molecule has 0 saturated carbocycles. The molecule has 180 valence electrons. The van der Waals surface area contributed by atoms with Crippen LogP contribution in [0.3, 0.4) is 0 Å². The molecule has 5 nitrogen and oxygen atoms in total. The van der Waals surface area contributed by atoms with Gasteiger partial charge < -0.3 is 5.32 Å². The summed E-state index contributed by atoms with van der Waals surface area (Å²) in [4.78, 5) is 12.8. The number of nitrogens with zero attached hydrogens (tertiary/aromatic N) is 1. The molecule has 0 unspecified atom stereocenters. The molecule has 0 aliphatic rings. The van der Waals surface area contributed by atoms with Crippen LogP contribution in [0.25, 0.3) is 0 Å². The summed E-state index contributed by atoms with van der Waals surface area (Å²) in [5.41, 5.74) is 6.11. The van der Waals surface area contributed by atoms with Crippen LogP contribution in [0, 0.1) is 20.8 Å². The highest BCUT2D eigenvalue weighted by Crippen LogP contribution is 2.34. The van der Waals surface area contributed by atoms with Crippen LogP contribution < -0.4 is 9.62 Å². The molecule has 3 rings (SSSR count). The Balaban J connectivity index is 1.78. The van der Waals surface area contributed by atoms with Crippen molar-refractivity contribution in [2.45, 2.75) is 40.3 Å². The number of amides is 1. The van der Waals surface area contributed by atoms with Gasteiger partial charge in [0, 0.05) is 5.56 Å². The molecule has 1 N–H and O–H groups in total. The predicted octanol–water partition coefficient (Wildman–Crippen LogP) is 6.38. The van der Waals surface area contributed by atoms with Gasteiger partial charge in [0.2, 0.25) is 10.0 Å². The van der Waals surface area contributed by atoms with Gasteiger partial charge in [-0.1, -0.05) is 53.5 Å². The van der Waals surface area contributed by atoms with Gasteiger partial charge in [0.15, 0.2) is 0 Å². The summed E-state index contributed by atoms with van der Waals surface area (Å²) >= 11 is 12.3. The van der Waals surface area contributed by atoms with Crippen LogP contribution in [-0.2, 0) is 16.6 Å². The first kappa shape index (κ1) is 26.1. The molecular formula is C26H28Cl2N2O3S. The first-order valence-electron chi connectivity index (χ1n) is 10.8. The van der Waals surface area contributed by atoms with Gasteiger partial charge in [0.05, 0.1) is 34.6 Å². The van der Waals surface area contributed by atoms with Gasteiger partial charge in [-0.15, -0.1) is 0 Å². The van der Waals surface area contributed by atoms with Crippen molar-refractivity contribution in [3.05, 3.63) is 98.0 Å². The van der Waals surface area contributed by atoms with Crippen molar-refractivity contribution in [1.29, 1.82) is 0 Å². The minimum absolute atomic E-state index is 0.0546. The Bertz CT molecular complexity index is 1320. The van der Waals surface area contributed by atoms with Crippen LogP contribution in [0.2, 0.25) is 10.0 Å². The van der Waals surface area contributed by atoms with Gasteiger partial charge in [-0.2, -0.15) is 0 Å². The molecule has 8 heteroatoms. The Labute approximate surface area is 211 Å². The largest absolute Gasteiger partial charge is 0.346 e. The molecule has 0 heterocycles. The number of nitrogens with one attached hydrogen (secondary N) is 1. The second-order valence-electron chi connectivity index (χ2n) is 8.53. The molecule has 0 bridgehead atoms. The standard InChI is InChI=1S/C26H28Cl2N2O3S/c1-16-13-18(3)22(14-17(16)2)19(4)29-26(31)21-11-9-20(10-12-21)15-30(34(5,32)33)24-8-6-7-23(27)25(24)28/h6-14,19H,15H2,1-5H3,(H,29,31)/t19-/m1/s1. The van der Waals surface area contributed by atoms with Crippen molar-refractivity contribution in [3.63, 3.8) is 0 Å². The molecular weight excluding hydrogens is 491 g/mol. The van der Waals surface area contributed by atoms with E-state index >= 15 is 0 Å². The number of aryl methyl sites for hydroxylation is 3. The van der Waals surface area contributed by atoms with E-state index in [9.17, 15) is 13.2 Å². The van der Waals surface area contributed by atoms with Gasteiger partial charge in [-0.05, 0) is 79.8 Å². The van der Waals surface area contributed by atoms with Crippen molar-refractivity contribution in [3.8, 4) is 0 Å². The normalized spacial score (nSPS) is 12.3. The maximum Gasteiger partial charge on any atom is 0.251 e. The molecule has 0 fully saturated rings. The summed E-state index contributed by atoms with van der Waals surface area (Å²) < 4.78 is 26.1. The molecule has 3 aromatic rings. The lowest BCUT2D eigenvalue weighted by Gasteiger charge is -2.24. The fraction of sp³-hybridized carbons (Fsp3) is 0.269. The Morgan fingerprint density at radius 3 is 2.21 bits per heavy atom. The third-order valence-corrected chi connectivity index (χ3v) is 7.77. The first-order chi connectivity index (χ1) is 15.9. The highest BCUT2D eigenvalue weighted by Gasteiger charge is 2.22. The minimum atomic E-state index is -3.63. The van der Waals surface area contributed by atoms with Crippen LogP contribution in [0.4, 0.5) is 5.69 Å². The van der Waals surface area contributed by atoms with Gasteiger partial charge in [-0.3, -0.25) is 9.10 Å². The van der Waals surface area contributed by atoms with Crippen molar-refractivity contribution < 1.29 is 13.2 Å². The zero-order valence-electron chi connectivity index (χ0n) is 19.8. The van der Waals surface area contributed by atoms with Crippen LogP contribution in [0.1, 0.15) is 51.1 Å². The topological polar surface area (TPSA) is 66.5 Å². The number of hydrogen-bond donors (Lipinski definition) is 1. The maximum absolute atomic E-state index is 12.8. The number of carbonyl (C=O) groups excluding carboxylic acids is 1. The summed E-state index contributed by atoms with van der Waals surface area (Å²) in [5.74, 6) is -0.200. The van der Waals surface area contributed by atoms with E-state index in [1.807, 2.05) is 13.8 Å². The smallest absolute Gasteiger partial charge is 0.251 e. The van der Waals surface area contributed by atoms with E-state index in [0.717, 1.165) is 17.4 Å². The number of rotatable bonds is 7. The second kappa shape index (κ2) is 10.4. The minimum Gasteiger partial charge on any atom is -0.346 e. The SMILES string of the molecule is Cc1cc(C)c([C@@H](C)NC(=O)c2ccc(CN(c3cccc(Cl)c3Cl)S(C)(=O)=O)cc2)cc1C. The average molecular weight is 519 g/mol. The molecule has 0 aliphatic carbocycles. The molecule has 0 spiro atoms. The van der Waals surface area contributed by atoms with Gasteiger partial charge in [0.25, 0.3) is 5.91 Å². The Kier molecular flexibility index (Phi) is 7.96. The van der Waals surface area contributed by atoms with Gasteiger partial charge >= 0.3 is 0 Å². The highest BCUT2D eigenvalue weighted by atomic mass is 35.5. The third-order valence-electron chi connectivity index (χ3n) is 5.84. The molecule has 0 aliphatic heterocycles. The maximum atomic E-state index is 12.8. The van der Waals surface area contributed by atoms with E-state index in [1.54, 1.807) is 42.5 Å². The van der Waals surface area contributed by atoms with E-state index in [-0.39, 0.29) is 28.5 Å². The fourth-order valence-corrected chi connectivity index (χ4v) is 5.14. The van der Waals surface area contributed by atoms with Crippen molar-refractivity contribution in [1.82, 2.24) is 5.32 Å². The summed E-state index contributed by atoms with van der Waals surface area (Å²) in [5, 5.41) is 3.49. The van der Waals surface area contributed by atoms with Crippen LogP contribution >= 0.6 is 23.2 Å². The quantitative estimate of drug-likeness (QED) is 0.394. The Morgan fingerprint density at radius 1 is 0.971 bits per heavy atom. The summed E-state index contributed by atoms with van der Waals surface area (Å²) in [7, 11) is -3.63. The second-order valence-corrected chi connectivity index (χ2v) is 11.2. The van der Waals surface area contributed by atoms with Crippen molar-refractivity contribution >= 4 is 44.8 Å². The Morgan fingerprint density at radius 2 is 1.59 bits per heavy atom. The zero-order valence-corrected chi connectivity index (χ0v) is 22.1. The van der Waals surface area contributed by atoms with E-state index in [0.29, 0.717) is 16.8 Å². The number of anilines is 1. The van der Waals surface area contributed by atoms with Crippen LogP contribution in [0.5, 0.6) is 0 Å². The summed E-state index contributed by atoms with van der Waals surface area (Å²) in [6.45, 7) is 8.18. The van der Waals surface area contributed by atoms with Gasteiger partial charge in [-0.25, -0.2) is 8.42 Å². The van der Waals surface area contributed by atoms with Crippen LogP contribution in [-0.4, -0.2) is 20.6 Å². The monoisotopic (exact) mass is 518 g/mol. The number of benzene rings is 3. The molecule has 0 saturated heterocycles. The number of hydrogen-bond acceptors (Lipinski definition) is 3. The molecule has 3 aromatic carbocycles. The van der Waals surface area contributed by atoms with Crippen LogP contribution in [0.15, 0.2) is 54.6 Å². The lowest BCUT2D eigenvalue weighted by atomic mass is 9.96. The molecule has 34 heavy (non-hydrogen) atoms. The number of carbonyl (C=O) groups is 1. The Hall–Kier alpha value is -2.54. The molecule has 0 radical (unpaired) electrons. The lowest BCUT2D eigenvalue weighted by Crippen LogP contribution is -2.30. The predicted molar refractivity (Wildman–Crippen MR) is 140 cm³/mol. The van der Waals surface area contributed by atoms with Crippen molar-refractivity contribution in [2.75, 3.05) is 10.6 Å². The van der Waals surface area contributed by atoms with E-state index in [1.165, 1.54) is 15.4 Å².